The summed E-state index contributed by atoms with van der Waals surface area (Å²) in [5.74, 6) is 1.59. The molecular formula is C18H22FNO2. The van der Waals surface area contributed by atoms with Crippen molar-refractivity contribution >= 4 is 11.7 Å². The zero-order valence-electron chi connectivity index (χ0n) is 12.9. The predicted octanol–water partition coefficient (Wildman–Crippen LogP) is 3.99. The van der Waals surface area contributed by atoms with Gasteiger partial charge in [-0.3, -0.25) is 0 Å². The number of anilines is 1. The molecule has 0 unspecified atom stereocenters. The van der Waals surface area contributed by atoms with Crippen molar-refractivity contribution in [1.82, 2.24) is 0 Å². The largest absolute Gasteiger partial charge is 0.465 e. The van der Waals surface area contributed by atoms with E-state index in [0.29, 0.717) is 5.69 Å². The maximum atomic E-state index is 14.4. The first-order valence-electron chi connectivity index (χ1n) is 8.23. The number of carbonyl (C=O) groups is 1. The molecule has 0 aliphatic heterocycles. The van der Waals surface area contributed by atoms with E-state index in [-0.39, 0.29) is 16.9 Å². The lowest BCUT2D eigenvalue weighted by Crippen LogP contribution is -2.54. The molecule has 1 aromatic carbocycles. The van der Waals surface area contributed by atoms with Crippen LogP contribution < -0.4 is 5.32 Å². The fourth-order valence-corrected chi connectivity index (χ4v) is 5.41. The van der Waals surface area contributed by atoms with Gasteiger partial charge in [0.15, 0.2) is 0 Å². The van der Waals surface area contributed by atoms with Crippen LogP contribution in [0.3, 0.4) is 0 Å². The highest BCUT2D eigenvalue weighted by molar-refractivity contribution is 5.89. The molecule has 1 aromatic rings. The van der Waals surface area contributed by atoms with Crippen LogP contribution >= 0.6 is 0 Å². The Balaban J connectivity index is 1.57. The molecule has 0 amide bonds. The van der Waals surface area contributed by atoms with Gasteiger partial charge in [-0.05, 0) is 74.5 Å². The van der Waals surface area contributed by atoms with Gasteiger partial charge in [0, 0.05) is 5.54 Å². The number of methoxy groups -OCH3 is 1. The summed E-state index contributed by atoms with van der Waals surface area (Å²) >= 11 is 0. The number of ether oxygens (including phenoxy) is 1. The summed E-state index contributed by atoms with van der Waals surface area (Å²) in [6.45, 7) is 0. The molecule has 4 saturated carbocycles. The molecule has 3 nitrogen and oxygen atoms in total. The van der Waals surface area contributed by atoms with E-state index < -0.39 is 5.97 Å². The molecule has 118 valence electrons. The van der Waals surface area contributed by atoms with Crippen molar-refractivity contribution in [3.63, 3.8) is 0 Å². The van der Waals surface area contributed by atoms with Gasteiger partial charge in [0.2, 0.25) is 0 Å². The van der Waals surface area contributed by atoms with Crippen LogP contribution in [0.15, 0.2) is 18.2 Å². The summed E-state index contributed by atoms with van der Waals surface area (Å²) in [4.78, 5) is 11.5. The lowest BCUT2D eigenvalue weighted by Gasteiger charge is -2.57. The Kier molecular flexibility index (Phi) is 3.17. The number of nitrogens with one attached hydrogen (secondary N) is 1. The van der Waals surface area contributed by atoms with Crippen LogP contribution in [0.4, 0.5) is 10.1 Å². The van der Waals surface area contributed by atoms with Gasteiger partial charge in [0.1, 0.15) is 5.82 Å². The molecule has 0 atom stereocenters. The topological polar surface area (TPSA) is 38.3 Å². The first-order valence-corrected chi connectivity index (χ1v) is 8.23. The summed E-state index contributed by atoms with van der Waals surface area (Å²) in [6, 6.07) is 4.59. The van der Waals surface area contributed by atoms with Crippen molar-refractivity contribution in [2.75, 3.05) is 12.4 Å². The predicted molar refractivity (Wildman–Crippen MR) is 82.3 cm³/mol. The quantitative estimate of drug-likeness (QED) is 0.858. The molecule has 0 spiro atoms. The van der Waals surface area contributed by atoms with E-state index in [1.807, 2.05) is 0 Å². The lowest BCUT2D eigenvalue weighted by molar-refractivity contribution is 0.0106. The van der Waals surface area contributed by atoms with Crippen molar-refractivity contribution in [1.29, 1.82) is 0 Å². The Morgan fingerprint density at radius 1 is 1.18 bits per heavy atom. The molecule has 0 saturated heterocycles. The molecule has 5 rings (SSSR count). The summed E-state index contributed by atoms with van der Waals surface area (Å²) in [7, 11) is 1.31. The minimum Gasteiger partial charge on any atom is -0.465 e. The number of hydrogen-bond donors (Lipinski definition) is 1. The van der Waals surface area contributed by atoms with Crippen molar-refractivity contribution in [2.45, 2.75) is 44.1 Å². The molecule has 4 aliphatic carbocycles. The van der Waals surface area contributed by atoms with Gasteiger partial charge in [-0.25, -0.2) is 9.18 Å². The monoisotopic (exact) mass is 303 g/mol. The second kappa shape index (κ2) is 4.97. The second-order valence-corrected chi connectivity index (χ2v) is 7.51. The Morgan fingerprint density at radius 2 is 1.77 bits per heavy atom. The highest BCUT2D eigenvalue weighted by Gasteiger charge is 2.51. The molecule has 22 heavy (non-hydrogen) atoms. The number of carbonyl (C=O) groups excluding carboxylic acids is 1. The van der Waals surface area contributed by atoms with E-state index in [1.165, 1.54) is 32.4 Å². The van der Waals surface area contributed by atoms with Crippen LogP contribution in [0.25, 0.3) is 0 Å². The molecule has 4 bridgehead atoms. The number of hydrogen-bond acceptors (Lipinski definition) is 3. The van der Waals surface area contributed by atoms with Crippen LogP contribution in [0.5, 0.6) is 0 Å². The van der Waals surface area contributed by atoms with E-state index in [9.17, 15) is 9.18 Å². The average Bonchev–Trinajstić information content (AvgIpc) is 2.47. The zero-order chi connectivity index (χ0) is 15.3. The molecule has 0 radical (unpaired) electrons. The molecule has 1 N–H and O–H groups in total. The van der Waals surface area contributed by atoms with E-state index in [1.54, 1.807) is 12.1 Å². The molecule has 4 fully saturated rings. The number of halogens is 1. The SMILES string of the molecule is COC(=O)c1ccc(NC23CC4CC(CC(C4)C2)C3)c(F)c1. The summed E-state index contributed by atoms with van der Waals surface area (Å²) < 4.78 is 19.0. The maximum absolute atomic E-state index is 14.4. The smallest absolute Gasteiger partial charge is 0.337 e. The molecule has 0 aromatic heterocycles. The van der Waals surface area contributed by atoms with Gasteiger partial charge in [-0.2, -0.15) is 0 Å². The van der Waals surface area contributed by atoms with Crippen LogP contribution in [0.1, 0.15) is 48.9 Å². The maximum Gasteiger partial charge on any atom is 0.337 e. The van der Waals surface area contributed by atoms with Crippen LogP contribution in [0, 0.1) is 23.6 Å². The van der Waals surface area contributed by atoms with Crippen molar-refractivity contribution < 1.29 is 13.9 Å². The molecule has 4 aliphatic rings. The summed E-state index contributed by atoms with van der Waals surface area (Å²) in [5.41, 5.74) is 0.855. The third kappa shape index (κ3) is 2.29. The van der Waals surface area contributed by atoms with Crippen molar-refractivity contribution in [2.24, 2.45) is 17.8 Å². The first kappa shape index (κ1) is 14.0. The highest BCUT2D eigenvalue weighted by Crippen LogP contribution is 2.56. The van der Waals surface area contributed by atoms with E-state index in [2.05, 4.69) is 10.1 Å². The Labute approximate surface area is 130 Å². The van der Waals surface area contributed by atoms with Gasteiger partial charge < -0.3 is 10.1 Å². The van der Waals surface area contributed by atoms with E-state index >= 15 is 0 Å². The zero-order valence-corrected chi connectivity index (χ0v) is 12.9. The normalized spacial score (nSPS) is 35.5. The minimum atomic E-state index is -0.500. The van der Waals surface area contributed by atoms with Gasteiger partial charge in [-0.1, -0.05) is 0 Å². The number of rotatable bonds is 3. The highest BCUT2D eigenvalue weighted by atomic mass is 19.1. The number of esters is 1. The third-order valence-electron chi connectivity index (χ3n) is 5.83. The average molecular weight is 303 g/mol. The third-order valence-corrected chi connectivity index (χ3v) is 5.83. The van der Waals surface area contributed by atoms with Crippen LogP contribution in [0.2, 0.25) is 0 Å². The Bertz CT molecular complexity index is 578. The minimum absolute atomic E-state index is 0.0718. The Hall–Kier alpha value is -1.58. The lowest BCUT2D eigenvalue weighted by atomic mass is 9.53. The molecule has 4 heteroatoms. The fourth-order valence-electron chi connectivity index (χ4n) is 5.41. The second-order valence-electron chi connectivity index (χ2n) is 7.51. The first-order chi connectivity index (χ1) is 10.6. The summed E-state index contributed by atoms with van der Waals surface area (Å²) in [5, 5.41) is 3.51. The fraction of sp³-hybridized carbons (Fsp3) is 0.611. The molecule has 0 heterocycles. The van der Waals surface area contributed by atoms with Crippen LogP contribution in [-0.4, -0.2) is 18.6 Å². The van der Waals surface area contributed by atoms with Crippen molar-refractivity contribution in [3.05, 3.63) is 29.6 Å². The van der Waals surface area contributed by atoms with Crippen LogP contribution in [-0.2, 0) is 4.74 Å². The Morgan fingerprint density at radius 3 is 2.27 bits per heavy atom. The summed E-state index contributed by atoms with van der Waals surface area (Å²) in [6.07, 6.45) is 7.59. The number of benzene rings is 1. The van der Waals surface area contributed by atoms with E-state index in [4.69, 9.17) is 0 Å². The van der Waals surface area contributed by atoms with Gasteiger partial charge in [0.25, 0.3) is 0 Å². The van der Waals surface area contributed by atoms with Gasteiger partial charge in [-0.15, -0.1) is 0 Å². The van der Waals surface area contributed by atoms with Gasteiger partial charge in [0.05, 0.1) is 18.4 Å². The van der Waals surface area contributed by atoms with E-state index in [0.717, 1.165) is 37.0 Å². The molecular weight excluding hydrogens is 281 g/mol. The standard InChI is InChI=1S/C18H22FNO2/c1-22-17(21)14-2-3-16(15(19)7-14)20-18-8-11-4-12(9-18)6-13(5-11)10-18/h2-3,7,11-13,20H,4-6,8-10H2,1H3. The van der Waals surface area contributed by atoms with Gasteiger partial charge >= 0.3 is 5.97 Å². The van der Waals surface area contributed by atoms with Crippen molar-refractivity contribution in [3.8, 4) is 0 Å².